The molecule has 0 fully saturated rings. The molecule has 0 aliphatic rings. The first-order valence-corrected chi connectivity index (χ1v) is 8.97. The third kappa shape index (κ3) is 3.54. The lowest BCUT2D eigenvalue weighted by molar-refractivity contribution is 0.594. The van der Waals surface area contributed by atoms with Crippen LogP contribution >= 0.6 is 23.2 Å². The second kappa shape index (κ2) is 6.44. The first-order valence-electron chi connectivity index (χ1n) is 6.57. The van der Waals surface area contributed by atoms with E-state index in [2.05, 4.69) is 10.2 Å². The lowest BCUT2D eigenvalue weighted by Gasteiger charge is -2.10. The first kappa shape index (κ1) is 17.1. The number of halogens is 2. The van der Waals surface area contributed by atoms with Crippen molar-refractivity contribution >= 4 is 38.1 Å². The SMILES string of the molecule is CC(CS(=O)(=O)c1[nH]ncc1Cl)=C(Cl)c1ccc(C)cc1C. The standard InChI is InChI=1S/C15H16Cl2N2O2S/c1-9-4-5-12(10(2)6-9)14(17)11(3)8-22(20,21)15-13(16)7-18-19-15/h4-7H,8H2,1-3H3,(H,18,19). The number of H-pyrrole nitrogens is 1. The largest absolute Gasteiger partial charge is 0.266 e. The average Bonchev–Trinajstić information content (AvgIpc) is 2.84. The Bertz CT molecular complexity index is 839. The monoisotopic (exact) mass is 358 g/mol. The second-order valence-corrected chi connectivity index (χ2v) is 7.93. The number of nitrogens with one attached hydrogen (secondary N) is 1. The zero-order chi connectivity index (χ0) is 16.5. The fraction of sp³-hybridized carbons (Fsp3) is 0.267. The van der Waals surface area contributed by atoms with Crippen LogP contribution in [-0.4, -0.2) is 24.4 Å². The van der Waals surface area contributed by atoms with E-state index in [1.54, 1.807) is 6.92 Å². The summed E-state index contributed by atoms with van der Waals surface area (Å²) in [6.07, 6.45) is 1.26. The molecule has 0 radical (unpaired) electrons. The lowest BCUT2D eigenvalue weighted by atomic mass is 10.0. The predicted octanol–water partition coefficient (Wildman–Crippen LogP) is 4.12. The van der Waals surface area contributed by atoms with Crippen molar-refractivity contribution in [3.8, 4) is 0 Å². The summed E-state index contributed by atoms with van der Waals surface area (Å²) in [5, 5.41) is 6.49. The Morgan fingerprint density at radius 2 is 2.00 bits per heavy atom. The molecule has 22 heavy (non-hydrogen) atoms. The summed E-state index contributed by atoms with van der Waals surface area (Å²) in [5.74, 6) is -0.221. The van der Waals surface area contributed by atoms with E-state index in [9.17, 15) is 8.42 Å². The summed E-state index contributed by atoms with van der Waals surface area (Å²) in [7, 11) is -3.61. The van der Waals surface area contributed by atoms with Gasteiger partial charge in [-0.15, -0.1) is 0 Å². The molecule has 1 heterocycles. The van der Waals surface area contributed by atoms with Gasteiger partial charge in [0.25, 0.3) is 0 Å². The zero-order valence-electron chi connectivity index (χ0n) is 12.4. The van der Waals surface area contributed by atoms with E-state index < -0.39 is 9.84 Å². The Hall–Kier alpha value is -1.30. The van der Waals surface area contributed by atoms with Crippen molar-refractivity contribution in [2.45, 2.75) is 25.8 Å². The van der Waals surface area contributed by atoms with E-state index in [4.69, 9.17) is 23.2 Å². The highest BCUT2D eigenvalue weighted by Crippen LogP contribution is 2.29. The van der Waals surface area contributed by atoms with E-state index >= 15 is 0 Å². The molecule has 0 spiro atoms. The molecule has 0 unspecified atom stereocenters. The van der Waals surface area contributed by atoms with Gasteiger partial charge in [0.1, 0.15) is 0 Å². The van der Waals surface area contributed by atoms with Crippen LogP contribution in [0.15, 0.2) is 35.0 Å². The molecule has 0 saturated heterocycles. The molecule has 2 rings (SSSR count). The summed E-state index contributed by atoms with van der Waals surface area (Å²) >= 11 is 12.2. The number of sulfone groups is 1. The molecule has 118 valence electrons. The molecule has 0 atom stereocenters. The Labute approximate surface area is 140 Å². The molecule has 2 aromatic rings. The minimum Gasteiger partial charge on any atom is -0.266 e. The number of rotatable bonds is 4. The van der Waals surface area contributed by atoms with Gasteiger partial charge in [-0.25, -0.2) is 8.42 Å². The molecule has 4 nitrogen and oxygen atoms in total. The summed E-state index contributed by atoms with van der Waals surface area (Å²) in [4.78, 5) is 0. The number of hydrogen-bond acceptors (Lipinski definition) is 3. The van der Waals surface area contributed by atoms with Crippen LogP contribution in [0, 0.1) is 13.8 Å². The van der Waals surface area contributed by atoms with Crippen molar-refractivity contribution in [3.05, 3.63) is 51.7 Å². The number of aryl methyl sites for hydroxylation is 2. The van der Waals surface area contributed by atoms with Gasteiger partial charge in [-0.3, -0.25) is 5.10 Å². The summed E-state index contributed by atoms with van der Waals surface area (Å²) in [6.45, 7) is 5.63. The van der Waals surface area contributed by atoms with Crippen LogP contribution in [0.2, 0.25) is 5.02 Å². The van der Waals surface area contributed by atoms with Gasteiger partial charge in [-0.1, -0.05) is 47.0 Å². The lowest BCUT2D eigenvalue weighted by Crippen LogP contribution is -2.10. The zero-order valence-corrected chi connectivity index (χ0v) is 14.8. The minimum absolute atomic E-state index is 0.0791. The maximum absolute atomic E-state index is 12.4. The van der Waals surface area contributed by atoms with Crippen molar-refractivity contribution in [1.82, 2.24) is 10.2 Å². The van der Waals surface area contributed by atoms with Gasteiger partial charge in [-0.2, -0.15) is 5.10 Å². The van der Waals surface area contributed by atoms with Crippen molar-refractivity contribution in [1.29, 1.82) is 0 Å². The molecule has 7 heteroatoms. The quantitative estimate of drug-likeness (QED) is 0.893. The summed E-state index contributed by atoms with van der Waals surface area (Å²) in [6, 6.07) is 5.84. The van der Waals surface area contributed by atoms with Gasteiger partial charge in [0.15, 0.2) is 14.9 Å². The van der Waals surface area contributed by atoms with E-state index in [1.165, 1.54) is 6.20 Å². The van der Waals surface area contributed by atoms with Crippen LogP contribution in [-0.2, 0) is 9.84 Å². The fourth-order valence-electron chi connectivity index (χ4n) is 2.19. The fourth-order valence-corrected chi connectivity index (χ4v) is 4.39. The highest BCUT2D eigenvalue weighted by Gasteiger charge is 2.22. The molecular weight excluding hydrogens is 343 g/mol. The molecule has 0 saturated carbocycles. The average molecular weight is 359 g/mol. The first-order chi connectivity index (χ1) is 10.2. The summed E-state index contributed by atoms with van der Waals surface area (Å²) in [5.41, 5.74) is 3.51. The second-order valence-electron chi connectivity index (χ2n) is 5.22. The van der Waals surface area contributed by atoms with Crippen molar-refractivity contribution in [2.24, 2.45) is 0 Å². The van der Waals surface area contributed by atoms with Crippen LogP contribution in [0.4, 0.5) is 0 Å². The molecule has 1 N–H and O–H groups in total. The van der Waals surface area contributed by atoms with Gasteiger partial charge < -0.3 is 0 Å². The van der Waals surface area contributed by atoms with Gasteiger partial charge in [0.05, 0.1) is 17.0 Å². The van der Waals surface area contributed by atoms with Crippen molar-refractivity contribution in [2.75, 3.05) is 5.75 Å². The number of hydrogen-bond donors (Lipinski definition) is 1. The van der Waals surface area contributed by atoms with Crippen LogP contribution in [0.3, 0.4) is 0 Å². The third-order valence-corrected chi connectivity index (χ3v) is 5.94. The normalized spacial score (nSPS) is 13.1. The molecule has 1 aromatic carbocycles. The highest BCUT2D eigenvalue weighted by molar-refractivity contribution is 7.91. The van der Waals surface area contributed by atoms with E-state index in [0.29, 0.717) is 10.6 Å². The number of benzene rings is 1. The highest BCUT2D eigenvalue weighted by atomic mass is 35.5. The van der Waals surface area contributed by atoms with Gasteiger partial charge >= 0.3 is 0 Å². The number of aromatic nitrogens is 2. The number of nitrogens with zero attached hydrogens (tertiary/aromatic N) is 1. The maximum Gasteiger partial charge on any atom is 0.200 e. The molecule has 0 aliphatic heterocycles. The molecule has 0 aliphatic carbocycles. The molecule has 1 aromatic heterocycles. The summed E-state index contributed by atoms with van der Waals surface area (Å²) < 4.78 is 24.7. The Kier molecular flexibility index (Phi) is 5.00. The Morgan fingerprint density at radius 3 is 2.55 bits per heavy atom. The molecule has 0 amide bonds. The van der Waals surface area contributed by atoms with E-state index in [0.717, 1.165) is 16.7 Å². The predicted molar refractivity (Wildman–Crippen MR) is 90.0 cm³/mol. The minimum atomic E-state index is -3.61. The smallest absolute Gasteiger partial charge is 0.200 e. The van der Waals surface area contributed by atoms with Crippen LogP contribution < -0.4 is 0 Å². The van der Waals surface area contributed by atoms with Crippen LogP contribution in [0.1, 0.15) is 23.6 Å². The third-order valence-electron chi connectivity index (χ3n) is 3.27. The van der Waals surface area contributed by atoms with Gasteiger partial charge in [0.2, 0.25) is 0 Å². The van der Waals surface area contributed by atoms with E-state index in [-0.39, 0.29) is 15.8 Å². The van der Waals surface area contributed by atoms with E-state index in [1.807, 2.05) is 32.0 Å². The number of aromatic amines is 1. The van der Waals surface area contributed by atoms with Gasteiger partial charge in [-0.05, 0) is 37.5 Å². The van der Waals surface area contributed by atoms with Crippen LogP contribution in [0.25, 0.3) is 5.03 Å². The maximum atomic E-state index is 12.4. The Morgan fingerprint density at radius 1 is 1.32 bits per heavy atom. The van der Waals surface area contributed by atoms with Crippen molar-refractivity contribution < 1.29 is 8.42 Å². The molecule has 0 bridgehead atoms. The Balaban J connectivity index is 2.38. The van der Waals surface area contributed by atoms with Gasteiger partial charge in [0, 0.05) is 5.03 Å². The van der Waals surface area contributed by atoms with Crippen LogP contribution in [0.5, 0.6) is 0 Å². The topological polar surface area (TPSA) is 62.8 Å². The molecular formula is C15H16Cl2N2O2S. The van der Waals surface area contributed by atoms with Crippen molar-refractivity contribution in [3.63, 3.8) is 0 Å².